The SMILES string of the molecule is CC(C)(C)c1nc2ncc(C(=O)O)n2[nH]1. The number of aromatic carboxylic acids is 1. The number of nitrogens with zero attached hydrogens (tertiary/aromatic N) is 3. The van der Waals surface area contributed by atoms with Gasteiger partial charge in [0.1, 0.15) is 5.82 Å². The Labute approximate surface area is 85.9 Å². The van der Waals surface area contributed by atoms with E-state index >= 15 is 0 Å². The molecular formula is C9H12N4O2. The molecule has 0 saturated carbocycles. The Morgan fingerprint density at radius 2 is 2.20 bits per heavy atom. The Hall–Kier alpha value is -1.85. The van der Waals surface area contributed by atoms with Crippen LogP contribution in [0.25, 0.3) is 5.78 Å². The van der Waals surface area contributed by atoms with E-state index in [0.29, 0.717) is 11.6 Å². The third kappa shape index (κ3) is 1.47. The third-order valence-corrected chi connectivity index (χ3v) is 2.10. The summed E-state index contributed by atoms with van der Waals surface area (Å²) in [4.78, 5) is 19.0. The quantitative estimate of drug-likeness (QED) is 0.733. The van der Waals surface area contributed by atoms with Crippen molar-refractivity contribution in [1.29, 1.82) is 0 Å². The van der Waals surface area contributed by atoms with Gasteiger partial charge in [0.2, 0.25) is 0 Å². The monoisotopic (exact) mass is 208 g/mol. The first-order valence-corrected chi connectivity index (χ1v) is 4.57. The van der Waals surface area contributed by atoms with E-state index in [1.54, 1.807) is 0 Å². The molecule has 0 atom stereocenters. The molecule has 2 heterocycles. The second-order valence-corrected chi connectivity index (χ2v) is 4.41. The smallest absolute Gasteiger partial charge is 0.356 e. The molecule has 0 unspecified atom stereocenters. The summed E-state index contributed by atoms with van der Waals surface area (Å²) in [6, 6.07) is 0. The number of carbonyl (C=O) groups is 1. The maximum atomic E-state index is 10.8. The second-order valence-electron chi connectivity index (χ2n) is 4.41. The fourth-order valence-electron chi connectivity index (χ4n) is 1.25. The van der Waals surface area contributed by atoms with E-state index in [-0.39, 0.29) is 11.1 Å². The highest BCUT2D eigenvalue weighted by Gasteiger charge is 2.21. The summed E-state index contributed by atoms with van der Waals surface area (Å²) in [5.74, 6) is 0.0806. The Morgan fingerprint density at radius 3 is 2.73 bits per heavy atom. The third-order valence-electron chi connectivity index (χ3n) is 2.10. The molecule has 0 radical (unpaired) electrons. The van der Waals surface area contributed by atoms with Gasteiger partial charge in [0.25, 0.3) is 5.78 Å². The molecule has 0 amide bonds. The number of H-pyrrole nitrogens is 1. The van der Waals surface area contributed by atoms with Crippen molar-refractivity contribution in [1.82, 2.24) is 19.6 Å². The molecule has 15 heavy (non-hydrogen) atoms. The standard InChI is InChI=1S/C9H12N4O2/c1-9(2,3)7-11-8-10-4-5(6(14)15)13(8)12-7/h4H,1-3H3,(H,14,15)(H,10,11,12). The van der Waals surface area contributed by atoms with Gasteiger partial charge in [-0.15, -0.1) is 0 Å². The van der Waals surface area contributed by atoms with Crippen LogP contribution in [0.1, 0.15) is 37.1 Å². The summed E-state index contributed by atoms with van der Waals surface area (Å²) >= 11 is 0. The summed E-state index contributed by atoms with van der Waals surface area (Å²) in [5, 5.41) is 11.8. The minimum Gasteiger partial charge on any atom is -0.476 e. The summed E-state index contributed by atoms with van der Waals surface area (Å²) in [6.07, 6.45) is 1.29. The maximum Gasteiger partial charge on any atom is 0.356 e. The van der Waals surface area contributed by atoms with Crippen molar-refractivity contribution < 1.29 is 9.90 Å². The van der Waals surface area contributed by atoms with Gasteiger partial charge >= 0.3 is 5.97 Å². The second kappa shape index (κ2) is 2.82. The van der Waals surface area contributed by atoms with Gasteiger partial charge in [0, 0.05) is 5.41 Å². The van der Waals surface area contributed by atoms with Crippen LogP contribution in [0.2, 0.25) is 0 Å². The molecule has 2 aromatic heterocycles. The van der Waals surface area contributed by atoms with Crippen LogP contribution >= 0.6 is 0 Å². The number of nitrogens with one attached hydrogen (secondary N) is 1. The first kappa shape index (κ1) is 9.70. The van der Waals surface area contributed by atoms with E-state index in [9.17, 15) is 4.79 Å². The number of hydrogen-bond donors (Lipinski definition) is 2. The molecule has 80 valence electrons. The molecule has 6 nitrogen and oxygen atoms in total. The first-order valence-electron chi connectivity index (χ1n) is 4.57. The number of aromatic nitrogens is 4. The minimum atomic E-state index is -1.02. The Morgan fingerprint density at radius 1 is 1.53 bits per heavy atom. The van der Waals surface area contributed by atoms with Crippen LogP contribution in [-0.4, -0.2) is 30.7 Å². The highest BCUT2D eigenvalue weighted by atomic mass is 16.4. The lowest BCUT2D eigenvalue weighted by molar-refractivity contribution is 0.0688. The van der Waals surface area contributed by atoms with E-state index in [0.717, 1.165) is 0 Å². The predicted octanol–water partition coefficient (Wildman–Crippen LogP) is 1.05. The maximum absolute atomic E-state index is 10.8. The fourth-order valence-corrected chi connectivity index (χ4v) is 1.25. The van der Waals surface area contributed by atoms with E-state index < -0.39 is 5.97 Å². The van der Waals surface area contributed by atoms with Gasteiger partial charge in [-0.05, 0) is 0 Å². The van der Waals surface area contributed by atoms with Gasteiger partial charge in [-0.2, -0.15) is 4.98 Å². The predicted molar refractivity (Wildman–Crippen MR) is 53.0 cm³/mol. The molecule has 0 aromatic carbocycles. The van der Waals surface area contributed by atoms with Crippen molar-refractivity contribution in [2.24, 2.45) is 0 Å². The molecule has 2 rings (SSSR count). The molecule has 2 N–H and O–H groups in total. The van der Waals surface area contributed by atoms with Gasteiger partial charge in [-0.3, -0.25) is 5.10 Å². The fraction of sp³-hybridized carbons (Fsp3) is 0.444. The van der Waals surface area contributed by atoms with Crippen molar-refractivity contribution in [3.8, 4) is 0 Å². The lowest BCUT2D eigenvalue weighted by Crippen LogP contribution is -2.14. The van der Waals surface area contributed by atoms with Gasteiger partial charge in [-0.1, -0.05) is 20.8 Å². The zero-order chi connectivity index (χ0) is 11.2. The van der Waals surface area contributed by atoms with Gasteiger partial charge in [0.05, 0.1) is 6.20 Å². The normalized spacial score (nSPS) is 12.2. The minimum absolute atomic E-state index is 0.0907. The molecule has 0 fully saturated rings. The molecule has 6 heteroatoms. The molecule has 0 aliphatic carbocycles. The average Bonchev–Trinajstić information content (AvgIpc) is 2.56. The van der Waals surface area contributed by atoms with Gasteiger partial charge in [-0.25, -0.2) is 14.3 Å². The van der Waals surface area contributed by atoms with E-state index in [4.69, 9.17) is 5.11 Å². The first-order chi connectivity index (χ1) is 6.89. The van der Waals surface area contributed by atoms with Crippen LogP contribution in [0.3, 0.4) is 0 Å². The lowest BCUT2D eigenvalue weighted by atomic mass is 9.96. The highest BCUT2D eigenvalue weighted by Crippen LogP contribution is 2.19. The average molecular weight is 208 g/mol. The molecule has 0 saturated heterocycles. The summed E-state index contributed by atoms with van der Waals surface area (Å²) in [7, 11) is 0. The zero-order valence-corrected chi connectivity index (χ0v) is 8.77. The molecule has 0 bridgehead atoms. The largest absolute Gasteiger partial charge is 0.476 e. The Bertz CT molecular complexity index is 518. The van der Waals surface area contributed by atoms with Crippen molar-refractivity contribution in [2.75, 3.05) is 0 Å². The number of imidazole rings is 1. The van der Waals surface area contributed by atoms with Crippen LogP contribution in [0.15, 0.2) is 6.20 Å². The molecular weight excluding hydrogens is 196 g/mol. The van der Waals surface area contributed by atoms with Crippen LogP contribution in [0.4, 0.5) is 0 Å². The van der Waals surface area contributed by atoms with Crippen molar-refractivity contribution in [2.45, 2.75) is 26.2 Å². The van der Waals surface area contributed by atoms with Crippen LogP contribution < -0.4 is 0 Å². The molecule has 2 aromatic rings. The number of carboxylic acids is 1. The molecule has 0 aliphatic rings. The number of aromatic amines is 1. The van der Waals surface area contributed by atoms with E-state index in [2.05, 4.69) is 15.1 Å². The van der Waals surface area contributed by atoms with Crippen LogP contribution in [-0.2, 0) is 5.41 Å². The Kier molecular flexibility index (Phi) is 1.82. The van der Waals surface area contributed by atoms with Crippen molar-refractivity contribution >= 4 is 11.7 Å². The summed E-state index contributed by atoms with van der Waals surface area (Å²) < 4.78 is 1.38. The summed E-state index contributed by atoms with van der Waals surface area (Å²) in [5.41, 5.74) is -0.0655. The summed E-state index contributed by atoms with van der Waals surface area (Å²) in [6.45, 7) is 5.98. The van der Waals surface area contributed by atoms with Gasteiger partial charge in [0.15, 0.2) is 5.69 Å². The Balaban J connectivity index is 2.62. The zero-order valence-electron chi connectivity index (χ0n) is 8.77. The van der Waals surface area contributed by atoms with Crippen LogP contribution in [0.5, 0.6) is 0 Å². The topological polar surface area (TPSA) is 83.3 Å². The number of carboxylic acid groups (broad SMARTS) is 1. The van der Waals surface area contributed by atoms with E-state index in [1.165, 1.54) is 10.7 Å². The van der Waals surface area contributed by atoms with E-state index in [1.807, 2.05) is 20.8 Å². The van der Waals surface area contributed by atoms with Crippen LogP contribution in [0, 0.1) is 0 Å². The van der Waals surface area contributed by atoms with Crippen molar-refractivity contribution in [3.05, 3.63) is 17.7 Å². The number of hydrogen-bond acceptors (Lipinski definition) is 3. The molecule has 0 spiro atoms. The van der Waals surface area contributed by atoms with Crippen molar-refractivity contribution in [3.63, 3.8) is 0 Å². The highest BCUT2D eigenvalue weighted by molar-refractivity contribution is 5.86. The number of rotatable bonds is 1. The number of fused-ring (bicyclic) bond motifs is 1. The lowest BCUT2D eigenvalue weighted by Gasteiger charge is -2.13. The van der Waals surface area contributed by atoms with Gasteiger partial charge < -0.3 is 5.11 Å². The molecule has 0 aliphatic heterocycles.